The van der Waals surface area contributed by atoms with E-state index in [1.54, 1.807) is 0 Å². The highest BCUT2D eigenvalue weighted by atomic mass is 32.2. The van der Waals surface area contributed by atoms with Crippen LogP contribution in [0.5, 0.6) is 0 Å². The van der Waals surface area contributed by atoms with Crippen LogP contribution in [-0.4, -0.2) is 31.4 Å². The molecule has 0 spiro atoms. The fraction of sp³-hybridized carbons (Fsp3) is 0.538. The van der Waals surface area contributed by atoms with Crippen LogP contribution in [0.1, 0.15) is 26.2 Å². The Bertz CT molecular complexity index is 547. The van der Waals surface area contributed by atoms with Crippen LogP contribution in [-0.2, 0) is 10.0 Å². The molecule has 0 aliphatic carbocycles. The summed E-state index contributed by atoms with van der Waals surface area (Å²) in [7, 11) is -3.82. The Hall–Kier alpha value is -0.980. The van der Waals surface area contributed by atoms with Gasteiger partial charge in [0.25, 0.3) is 0 Å². The van der Waals surface area contributed by atoms with E-state index in [1.807, 2.05) is 6.92 Å². The minimum atomic E-state index is -3.82. The predicted molar refractivity (Wildman–Crippen MR) is 71.6 cm³/mol. The first-order valence-corrected chi connectivity index (χ1v) is 7.90. The first-order valence-electron chi connectivity index (χ1n) is 6.46. The first-order chi connectivity index (χ1) is 8.98. The van der Waals surface area contributed by atoms with E-state index in [4.69, 9.17) is 5.73 Å². The van der Waals surface area contributed by atoms with Crippen molar-refractivity contribution in [3.63, 3.8) is 0 Å². The number of sulfonamides is 1. The Kier molecular flexibility index (Phi) is 4.23. The molecule has 2 N–H and O–H groups in total. The van der Waals surface area contributed by atoms with Crippen molar-refractivity contribution in [3.8, 4) is 0 Å². The minimum absolute atomic E-state index is 0.146. The number of benzene rings is 1. The Labute approximate surface area is 113 Å². The lowest BCUT2D eigenvalue weighted by atomic mass is 10.00. The third-order valence-electron chi connectivity index (χ3n) is 3.62. The third kappa shape index (κ3) is 2.66. The topological polar surface area (TPSA) is 63.4 Å². The molecule has 1 aromatic carbocycles. The minimum Gasteiger partial charge on any atom is -0.329 e. The van der Waals surface area contributed by atoms with E-state index >= 15 is 0 Å². The van der Waals surface area contributed by atoms with Gasteiger partial charge in [0.15, 0.2) is 0 Å². The normalized spacial score (nSPS) is 25.4. The van der Waals surface area contributed by atoms with E-state index in [-0.39, 0.29) is 23.5 Å². The Morgan fingerprint density at radius 1 is 1.37 bits per heavy atom. The highest BCUT2D eigenvalue weighted by molar-refractivity contribution is 7.89. The van der Waals surface area contributed by atoms with Crippen LogP contribution in [0, 0.1) is 5.82 Å². The molecule has 106 valence electrons. The van der Waals surface area contributed by atoms with E-state index in [0.717, 1.165) is 19.3 Å². The van der Waals surface area contributed by atoms with Crippen molar-refractivity contribution >= 4 is 10.0 Å². The molecule has 1 aliphatic heterocycles. The van der Waals surface area contributed by atoms with Gasteiger partial charge >= 0.3 is 0 Å². The molecule has 4 nitrogen and oxygen atoms in total. The van der Waals surface area contributed by atoms with Crippen molar-refractivity contribution < 1.29 is 12.8 Å². The van der Waals surface area contributed by atoms with Gasteiger partial charge in [-0.1, -0.05) is 18.6 Å². The SMILES string of the molecule is CC1CCCC(CN)N1S(=O)(=O)c1ccccc1F. The van der Waals surface area contributed by atoms with Gasteiger partial charge < -0.3 is 5.73 Å². The molecule has 0 amide bonds. The van der Waals surface area contributed by atoms with Gasteiger partial charge in [-0.15, -0.1) is 0 Å². The van der Waals surface area contributed by atoms with E-state index in [9.17, 15) is 12.8 Å². The van der Waals surface area contributed by atoms with Crippen molar-refractivity contribution in [2.24, 2.45) is 5.73 Å². The smallest absolute Gasteiger partial charge is 0.246 e. The van der Waals surface area contributed by atoms with Gasteiger partial charge in [0.1, 0.15) is 10.7 Å². The van der Waals surface area contributed by atoms with E-state index in [2.05, 4.69) is 0 Å². The highest BCUT2D eigenvalue weighted by Crippen LogP contribution is 2.30. The molecule has 0 saturated carbocycles. The van der Waals surface area contributed by atoms with Crippen LogP contribution in [0.25, 0.3) is 0 Å². The number of nitrogens with zero attached hydrogens (tertiary/aromatic N) is 1. The van der Waals surface area contributed by atoms with Crippen molar-refractivity contribution in [2.45, 2.75) is 43.2 Å². The molecule has 1 aromatic rings. The zero-order valence-electron chi connectivity index (χ0n) is 10.9. The lowest BCUT2D eigenvalue weighted by Gasteiger charge is -2.38. The van der Waals surface area contributed by atoms with Gasteiger partial charge in [0, 0.05) is 18.6 Å². The van der Waals surface area contributed by atoms with E-state index in [0.29, 0.717) is 0 Å². The molecular formula is C13H19FN2O2S. The summed E-state index contributed by atoms with van der Waals surface area (Å²) in [6, 6.07) is 5.09. The summed E-state index contributed by atoms with van der Waals surface area (Å²) in [5.74, 6) is -0.712. The maximum Gasteiger partial charge on any atom is 0.246 e. The van der Waals surface area contributed by atoms with Gasteiger partial charge in [-0.25, -0.2) is 12.8 Å². The monoisotopic (exact) mass is 286 g/mol. The van der Waals surface area contributed by atoms with Crippen molar-refractivity contribution in [3.05, 3.63) is 30.1 Å². The largest absolute Gasteiger partial charge is 0.329 e. The second-order valence-electron chi connectivity index (χ2n) is 4.93. The number of piperidine rings is 1. The van der Waals surface area contributed by atoms with Crippen LogP contribution in [0.2, 0.25) is 0 Å². The predicted octanol–water partition coefficient (Wildman–Crippen LogP) is 1.72. The molecule has 2 unspecified atom stereocenters. The highest BCUT2D eigenvalue weighted by Gasteiger charge is 2.38. The summed E-state index contributed by atoms with van der Waals surface area (Å²) in [5.41, 5.74) is 5.67. The molecule has 0 aromatic heterocycles. The van der Waals surface area contributed by atoms with Gasteiger partial charge in [0.05, 0.1) is 0 Å². The Morgan fingerprint density at radius 3 is 2.68 bits per heavy atom. The maximum atomic E-state index is 13.8. The number of hydrogen-bond acceptors (Lipinski definition) is 3. The quantitative estimate of drug-likeness (QED) is 0.920. The van der Waals surface area contributed by atoms with Crippen LogP contribution >= 0.6 is 0 Å². The van der Waals surface area contributed by atoms with Gasteiger partial charge in [-0.05, 0) is 31.9 Å². The first kappa shape index (κ1) is 14.4. The van der Waals surface area contributed by atoms with Crippen molar-refractivity contribution in [1.29, 1.82) is 0 Å². The molecule has 1 heterocycles. The number of halogens is 1. The molecule has 1 saturated heterocycles. The van der Waals surface area contributed by atoms with Crippen LogP contribution in [0.15, 0.2) is 29.2 Å². The summed E-state index contributed by atoms with van der Waals surface area (Å²) in [4.78, 5) is -0.262. The summed E-state index contributed by atoms with van der Waals surface area (Å²) >= 11 is 0. The number of hydrogen-bond donors (Lipinski definition) is 1. The fourth-order valence-corrected chi connectivity index (χ4v) is 4.64. The van der Waals surface area contributed by atoms with Gasteiger partial charge in [0.2, 0.25) is 10.0 Å². The van der Waals surface area contributed by atoms with Gasteiger partial charge in [-0.2, -0.15) is 4.31 Å². The molecule has 1 fully saturated rings. The fourth-order valence-electron chi connectivity index (χ4n) is 2.69. The standard InChI is InChI=1S/C13H19FN2O2S/c1-10-5-4-6-11(9-15)16(10)19(17,18)13-8-3-2-7-12(13)14/h2-3,7-8,10-11H,4-6,9,15H2,1H3. The molecule has 0 radical (unpaired) electrons. The summed E-state index contributed by atoms with van der Waals surface area (Å²) in [5, 5.41) is 0. The third-order valence-corrected chi connectivity index (χ3v) is 5.72. The lowest BCUT2D eigenvalue weighted by molar-refractivity contribution is 0.195. The van der Waals surface area contributed by atoms with E-state index in [1.165, 1.54) is 28.6 Å². The van der Waals surface area contributed by atoms with Crippen LogP contribution in [0.3, 0.4) is 0 Å². The second kappa shape index (κ2) is 5.56. The summed E-state index contributed by atoms with van der Waals surface area (Å²) in [6.45, 7) is 2.11. The summed E-state index contributed by atoms with van der Waals surface area (Å²) < 4.78 is 40.4. The molecule has 6 heteroatoms. The average molecular weight is 286 g/mol. The van der Waals surface area contributed by atoms with E-state index < -0.39 is 15.8 Å². The van der Waals surface area contributed by atoms with Crippen LogP contribution < -0.4 is 5.73 Å². The molecule has 19 heavy (non-hydrogen) atoms. The average Bonchev–Trinajstić information content (AvgIpc) is 2.38. The van der Waals surface area contributed by atoms with Crippen LogP contribution in [0.4, 0.5) is 4.39 Å². The summed E-state index contributed by atoms with van der Waals surface area (Å²) in [6.07, 6.45) is 2.46. The Morgan fingerprint density at radius 2 is 2.05 bits per heavy atom. The van der Waals surface area contributed by atoms with Crippen molar-refractivity contribution in [1.82, 2.24) is 4.31 Å². The zero-order chi connectivity index (χ0) is 14.0. The molecule has 1 aliphatic rings. The molecule has 2 atom stereocenters. The maximum absolute atomic E-state index is 13.8. The van der Waals surface area contributed by atoms with Crippen molar-refractivity contribution in [2.75, 3.05) is 6.54 Å². The second-order valence-corrected chi connectivity index (χ2v) is 6.75. The zero-order valence-corrected chi connectivity index (χ0v) is 11.7. The van der Waals surface area contributed by atoms with Gasteiger partial charge in [-0.3, -0.25) is 0 Å². The number of rotatable bonds is 3. The lowest BCUT2D eigenvalue weighted by Crippen LogP contribution is -2.51. The molecule has 0 bridgehead atoms. The molecular weight excluding hydrogens is 267 g/mol. The molecule has 2 rings (SSSR count). The Balaban J connectivity index is 2.45. The number of nitrogens with two attached hydrogens (primary N) is 1.